The molecular weight excluding hydrogens is 246 g/mol. The van der Waals surface area contributed by atoms with Gasteiger partial charge in [-0.2, -0.15) is 0 Å². The van der Waals surface area contributed by atoms with E-state index in [0.29, 0.717) is 5.56 Å². The van der Waals surface area contributed by atoms with Crippen LogP contribution >= 0.6 is 0 Å². The second-order valence-corrected chi connectivity index (χ2v) is 4.77. The van der Waals surface area contributed by atoms with Crippen LogP contribution in [0, 0.1) is 0 Å². The van der Waals surface area contributed by atoms with Gasteiger partial charge >= 0.3 is 5.97 Å². The number of carboxylic acids is 1. The molecule has 1 amide bonds. The van der Waals surface area contributed by atoms with Crippen molar-refractivity contribution < 1.29 is 19.5 Å². The Morgan fingerprint density at radius 3 is 2.21 bits per heavy atom. The minimum absolute atomic E-state index is 0.0234. The summed E-state index contributed by atoms with van der Waals surface area (Å²) in [6.07, 6.45) is 0.0377. The van der Waals surface area contributed by atoms with E-state index in [1.54, 1.807) is 30.3 Å². The molecule has 0 bridgehead atoms. The van der Waals surface area contributed by atoms with Gasteiger partial charge in [-0.1, -0.05) is 30.3 Å². The fraction of sp³-hybridized carbons (Fsp3) is 0.357. The zero-order valence-corrected chi connectivity index (χ0v) is 11.0. The van der Waals surface area contributed by atoms with Gasteiger partial charge in [0.15, 0.2) is 5.78 Å². The molecule has 0 fully saturated rings. The third kappa shape index (κ3) is 4.54. The molecule has 1 aromatic carbocycles. The third-order valence-electron chi connectivity index (χ3n) is 2.66. The smallest absolute Gasteiger partial charge is 0.328 e. The SMILES string of the molecule is CC(C)(NC(=O)CCC(=O)c1ccccc1)C(=O)O. The average Bonchev–Trinajstić information content (AvgIpc) is 2.36. The van der Waals surface area contributed by atoms with E-state index in [1.165, 1.54) is 13.8 Å². The topological polar surface area (TPSA) is 83.5 Å². The number of benzene rings is 1. The van der Waals surface area contributed by atoms with Crippen molar-refractivity contribution in [2.75, 3.05) is 0 Å². The number of ketones is 1. The highest BCUT2D eigenvalue weighted by molar-refractivity contribution is 5.98. The molecule has 0 atom stereocenters. The number of nitrogens with one attached hydrogen (secondary N) is 1. The Morgan fingerprint density at radius 1 is 1.11 bits per heavy atom. The van der Waals surface area contributed by atoms with Gasteiger partial charge in [0.2, 0.25) is 5.91 Å². The lowest BCUT2D eigenvalue weighted by molar-refractivity contribution is -0.146. The quantitative estimate of drug-likeness (QED) is 0.764. The summed E-state index contributed by atoms with van der Waals surface area (Å²) in [6, 6.07) is 8.67. The minimum Gasteiger partial charge on any atom is -0.480 e. The molecule has 0 saturated heterocycles. The summed E-state index contributed by atoms with van der Waals surface area (Å²) in [5.41, 5.74) is -0.778. The van der Waals surface area contributed by atoms with Crippen LogP contribution in [0.25, 0.3) is 0 Å². The van der Waals surface area contributed by atoms with Crippen molar-refractivity contribution in [3.8, 4) is 0 Å². The van der Waals surface area contributed by atoms with Gasteiger partial charge in [0.05, 0.1) is 0 Å². The number of carbonyl (C=O) groups excluding carboxylic acids is 2. The Labute approximate surface area is 111 Å². The van der Waals surface area contributed by atoms with Crippen molar-refractivity contribution in [3.05, 3.63) is 35.9 Å². The number of Topliss-reactive ketones (excluding diaryl/α,β-unsaturated/α-hetero) is 1. The second-order valence-electron chi connectivity index (χ2n) is 4.77. The van der Waals surface area contributed by atoms with E-state index < -0.39 is 17.4 Å². The molecule has 102 valence electrons. The van der Waals surface area contributed by atoms with E-state index in [4.69, 9.17) is 5.11 Å². The lowest BCUT2D eigenvalue weighted by Crippen LogP contribution is -2.49. The summed E-state index contributed by atoms with van der Waals surface area (Å²) >= 11 is 0. The van der Waals surface area contributed by atoms with Gasteiger partial charge in [0, 0.05) is 18.4 Å². The molecule has 5 heteroatoms. The van der Waals surface area contributed by atoms with Crippen LogP contribution in [0.5, 0.6) is 0 Å². The molecule has 0 unspecified atom stereocenters. The van der Waals surface area contributed by atoms with E-state index in [9.17, 15) is 14.4 Å². The Bertz CT molecular complexity index is 479. The maximum absolute atomic E-state index is 11.8. The molecule has 0 radical (unpaired) electrons. The largest absolute Gasteiger partial charge is 0.480 e. The molecular formula is C14H17NO4. The van der Waals surface area contributed by atoms with Gasteiger partial charge < -0.3 is 10.4 Å². The molecule has 1 rings (SSSR count). The first-order valence-corrected chi connectivity index (χ1v) is 5.95. The number of carboxylic acid groups (broad SMARTS) is 1. The number of aliphatic carboxylic acids is 1. The van der Waals surface area contributed by atoms with E-state index >= 15 is 0 Å². The van der Waals surface area contributed by atoms with Gasteiger partial charge in [0.1, 0.15) is 5.54 Å². The Kier molecular flexibility index (Phi) is 4.80. The second kappa shape index (κ2) is 6.13. The number of amides is 1. The lowest BCUT2D eigenvalue weighted by atomic mass is 10.0. The average molecular weight is 263 g/mol. The van der Waals surface area contributed by atoms with E-state index in [0.717, 1.165) is 0 Å². The van der Waals surface area contributed by atoms with Crippen molar-refractivity contribution in [1.29, 1.82) is 0 Å². The fourth-order valence-electron chi connectivity index (χ4n) is 1.46. The highest BCUT2D eigenvalue weighted by Gasteiger charge is 2.28. The van der Waals surface area contributed by atoms with E-state index in [2.05, 4.69) is 5.32 Å². The summed E-state index contributed by atoms with van der Waals surface area (Å²) in [5.74, 6) is -1.70. The van der Waals surface area contributed by atoms with Crippen LogP contribution in [0.2, 0.25) is 0 Å². The number of rotatable bonds is 6. The summed E-state index contributed by atoms with van der Waals surface area (Å²) in [4.78, 5) is 34.2. The third-order valence-corrected chi connectivity index (χ3v) is 2.66. The first-order chi connectivity index (χ1) is 8.83. The first kappa shape index (κ1) is 14.9. The molecule has 5 nitrogen and oxygen atoms in total. The predicted octanol–water partition coefficient (Wildman–Crippen LogP) is 1.63. The van der Waals surface area contributed by atoms with Gasteiger partial charge in [0.25, 0.3) is 0 Å². The van der Waals surface area contributed by atoms with Gasteiger partial charge in [-0.15, -0.1) is 0 Å². The lowest BCUT2D eigenvalue weighted by Gasteiger charge is -2.20. The standard InChI is InChI=1S/C14H17NO4/c1-14(2,13(18)19)15-12(17)9-8-11(16)10-6-4-3-5-7-10/h3-7H,8-9H2,1-2H3,(H,15,17)(H,18,19). The van der Waals surface area contributed by atoms with Crippen LogP contribution in [0.4, 0.5) is 0 Å². The molecule has 1 aromatic rings. The van der Waals surface area contributed by atoms with Gasteiger partial charge in [-0.05, 0) is 13.8 Å². The fourth-order valence-corrected chi connectivity index (χ4v) is 1.46. The minimum atomic E-state index is -1.33. The van der Waals surface area contributed by atoms with Crippen molar-refractivity contribution in [2.45, 2.75) is 32.2 Å². The zero-order chi connectivity index (χ0) is 14.5. The van der Waals surface area contributed by atoms with Crippen LogP contribution in [0.3, 0.4) is 0 Å². The normalized spacial score (nSPS) is 10.8. The first-order valence-electron chi connectivity index (χ1n) is 5.95. The molecule has 0 aliphatic rings. The van der Waals surface area contributed by atoms with Gasteiger partial charge in [-0.25, -0.2) is 4.79 Å². The van der Waals surface area contributed by atoms with Crippen molar-refractivity contribution in [1.82, 2.24) is 5.32 Å². The van der Waals surface area contributed by atoms with Crippen LogP contribution < -0.4 is 5.32 Å². The van der Waals surface area contributed by atoms with Crippen molar-refractivity contribution >= 4 is 17.7 Å². The molecule has 19 heavy (non-hydrogen) atoms. The van der Waals surface area contributed by atoms with E-state index in [-0.39, 0.29) is 18.6 Å². The summed E-state index contributed by atoms with van der Waals surface area (Å²) in [7, 11) is 0. The van der Waals surface area contributed by atoms with Crippen molar-refractivity contribution in [3.63, 3.8) is 0 Å². The summed E-state index contributed by atoms with van der Waals surface area (Å²) in [5, 5.41) is 11.2. The monoisotopic (exact) mass is 263 g/mol. The van der Waals surface area contributed by atoms with Crippen LogP contribution in [0.15, 0.2) is 30.3 Å². The highest BCUT2D eigenvalue weighted by atomic mass is 16.4. The number of hydrogen-bond donors (Lipinski definition) is 2. The summed E-state index contributed by atoms with van der Waals surface area (Å²) in [6.45, 7) is 2.79. The van der Waals surface area contributed by atoms with Crippen LogP contribution in [-0.4, -0.2) is 28.3 Å². The summed E-state index contributed by atoms with van der Waals surface area (Å²) < 4.78 is 0. The van der Waals surface area contributed by atoms with Crippen molar-refractivity contribution in [2.24, 2.45) is 0 Å². The van der Waals surface area contributed by atoms with Crippen LogP contribution in [0.1, 0.15) is 37.0 Å². The molecule has 0 spiro atoms. The maximum Gasteiger partial charge on any atom is 0.328 e. The number of hydrogen-bond acceptors (Lipinski definition) is 3. The molecule has 0 aliphatic carbocycles. The van der Waals surface area contributed by atoms with Gasteiger partial charge in [-0.3, -0.25) is 9.59 Å². The molecule has 0 heterocycles. The molecule has 0 aromatic heterocycles. The van der Waals surface area contributed by atoms with Crippen LogP contribution in [-0.2, 0) is 9.59 Å². The highest BCUT2D eigenvalue weighted by Crippen LogP contribution is 2.07. The Hall–Kier alpha value is -2.17. The molecule has 2 N–H and O–H groups in total. The molecule has 0 aliphatic heterocycles. The Morgan fingerprint density at radius 2 is 1.68 bits per heavy atom. The Balaban J connectivity index is 2.48. The predicted molar refractivity (Wildman–Crippen MR) is 69.9 cm³/mol. The molecule has 0 saturated carbocycles. The zero-order valence-electron chi connectivity index (χ0n) is 11.0. The number of carbonyl (C=O) groups is 3. The maximum atomic E-state index is 11.8. The van der Waals surface area contributed by atoms with E-state index in [1.807, 2.05) is 0 Å².